The monoisotopic (exact) mass is 612 g/mol. The third-order valence-corrected chi connectivity index (χ3v) is 9.33. The largest absolute Gasteiger partial charge is 0.310 e. The molecule has 0 atom stereocenters. The predicted octanol–water partition coefficient (Wildman–Crippen LogP) is 12.7. The van der Waals surface area contributed by atoms with Crippen LogP contribution in [0, 0.1) is 0 Å². The molecule has 0 aliphatic heterocycles. The molecule has 0 N–H and O–H groups in total. The molecule has 0 saturated carbocycles. The van der Waals surface area contributed by atoms with E-state index in [0.29, 0.717) is 0 Å². The number of anilines is 3. The van der Waals surface area contributed by atoms with E-state index in [4.69, 9.17) is 0 Å². The average molecular weight is 613 g/mol. The van der Waals surface area contributed by atoms with Crippen molar-refractivity contribution in [1.29, 1.82) is 0 Å². The molecule has 9 rings (SSSR count). The molecule has 0 fully saturated rings. The summed E-state index contributed by atoms with van der Waals surface area (Å²) in [5.41, 5.74) is 11.7. The van der Waals surface area contributed by atoms with Gasteiger partial charge in [-0.05, 0) is 93.7 Å². The molecule has 0 aliphatic carbocycles. The number of hydrogen-bond donors (Lipinski definition) is 0. The van der Waals surface area contributed by atoms with Crippen LogP contribution in [-0.2, 0) is 0 Å². The third-order valence-electron chi connectivity index (χ3n) is 9.33. The van der Waals surface area contributed by atoms with E-state index < -0.39 is 0 Å². The summed E-state index contributed by atoms with van der Waals surface area (Å²) in [6.45, 7) is 0. The lowest BCUT2D eigenvalue weighted by Crippen LogP contribution is -2.10. The highest BCUT2D eigenvalue weighted by molar-refractivity contribution is 6.16. The Labute approximate surface area is 280 Å². The highest BCUT2D eigenvalue weighted by atomic mass is 15.1. The molecule has 1 aromatic heterocycles. The van der Waals surface area contributed by atoms with Gasteiger partial charge in [-0.15, -0.1) is 0 Å². The molecule has 0 aliphatic rings. The highest BCUT2D eigenvalue weighted by Gasteiger charge is 2.21. The maximum atomic E-state index is 2.45. The van der Waals surface area contributed by atoms with E-state index in [0.717, 1.165) is 22.7 Å². The lowest BCUT2D eigenvalue weighted by molar-refractivity contribution is 1.18. The second-order valence-corrected chi connectivity index (χ2v) is 12.2. The Hall–Kier alpha value is -6.38. The summed E-state index contributed by atoms with van der Waals surface area (Å²) in [5.74, 6) is 0. The fourth-order valence-electron chi connectivity index (χ4n) is 7.22. The normalized spacial score (nSPS) is 11.3. The first-order valence-corrected chi connectivity index (χ1v) is 16.4. The molecule has 226 valence electrons. The summed E-state index contributed by atoms with van der Waals surface area (Å²) in [5, 5.41) is 4.93. The minimum absolute atomic E-state index is 1.12. The van der Waals surface area contributed by atoms with Gasteiger partial charge in [-0.2, -0.15) is 0 Å². The van der Waals surface area contributed by atoms with Crippen LogP contribution in [0.1, 0.15) is 0 Å². The van der Waals surface area contributed by atoms with E-state index in [-0.39, 0.29) is 0 Å². The molecular formula is C46H32N2. The number of rotatable bonds is 6. The average Bonchev–Trinajstić information content (AvgIpc) is 3.51. The lowest BCUT2D eigenvalue weighted by Gasteiger charge is -2.26. The molecule has 9 aromatic rings. The zero-order chi connectivity index (χ0) is 31.9. The van der Waals surface area contributed by atoms with E-state index >= 15 is 0 Å². The first-order chi connectivity index (χ1) is 23.8. The molecule has 2 nitrogen and oxygen atoms in total. The Balaban J connectivity index is 1.35. The number of para-hydroxylation sites is 3. The van der Waals surface area contributed by atoms with Crippen molar-refractivity contribution >= 4 is 49.6 Å². The van der Waals surface area contributed by atoms with Gasteiger partial charge in [0.1, 0.15) is 0 Å². The summed E-state index contributed by atoms with van der Waals surface area (Å²) >= 11 is 0. The fourth-order valence-corrected chi connectivity index (χ4v) is 7.22. The van der Waals surface area contributed by atoms with Crippen LogP contribution in [0.15, 0.2) is 194 Å². The summed E-state index contributed by atoms with van der Waals surface area (Å²) in [7, 11) is 0. The van der Waals surface area contributed by atoms with E-state index in [1.807, 2.05) is 0 Å². The topological polar surface area (TPSA) is 8.17 Å². The quantitative estimate of drug-likeness (QED) is 0.181. The predicted molar refractivity (Wildman–Crippen MR) is 204 cm³/mol. The molecule has 0 saturated heterocycles. The second-order valence-electron chi connectivity index (χ2n) is 12.2. The van der Waals surface area contributed by atoms with Crippen LogP contribution in [0.2, 0.25) is 0 Å². The van der Waals surface area contributed by atoms with Gasteiger partial charge in [0.15, 0.2) is 0 Å². The van der Waals surface area contributed by atoms with Crippen molar-refractivity contribution in [2.75, 3.05) is 4.90 Å². The fraction of sp³-hybridized carbons (Fsp3) is 0. The van der Waals surface area contributed by atoms with Crippen LogP contribution >= 0.6 is 0 Å². The first kappa shape index (κ1) is 27.9. The molecule has 0 unspecified atom stereocenters. The number of nitrogens with zero attached hydrogens (tertiary/aromatic N) is 2. The van der Waals surface area contributed by atoms with E-state index in [1.54, 1.807) is 0 Å². The van der Waals surface area contributed by atoms with Crippen LogP contribution in [0.5, 0.6) is 0 Å². The van der Waals surface area contributed by atoms with Crippen molar-refractivity contribution < 1.29 is 0 Å². The molecule has 48 heavy (non-hydrogen) atoms. The lowest BCUT2D eigenvalue weighted by atomic mass is 9.94. The minimum atomic E-state index is 1.12. The molecule has 8 aromatic carbocycles. The van der Waals surface area contributed by atoms with Gasteiger partial charge in [-0.25, -0.2) is 0 Å². The summed E-state index contributed by atoms with van der Waals surface area (Å²) < 4.78 is 2.45. The Morgan fingerprint density at radius 3 is 1.69 bits per heavy atom. The molecule has 2 heteroatoms. The molecule has 1 heterocycles. The van der Waals surface area contributed by atoms with Crippen LogP contribution < -0.4 is 4.90 Å². The standard InChI is InChI=1S/C46H32N2/c1-4-16-33(17-5-1)35-30-36(41-26-14-19-34-18-10-11-24-40(34)41)32-39(31-35)48-43-27-13-12-25-42(43)46-44(28-15-29-45(46)48)47(37-20-6-2-7-21-37)38-22-8-3-9-23-38/h1-32H. The highest BCUT2D eigenvalue weighted by Crippen LogP contribution is 2.44. The second kappa shape index (κ2) is 11.8. The van der Waals surface area contributed by atoms with Gasteiger partial charge in [-0.3, -0.25) is 0 Å². The van der Waals surface area contributed by atoms with Crippen molar-refractivity contribution in [3.63, 3.8) is 0 Å². The van der Waals surface area contributed by atoms with Crippen molar-refractivity contribution in [2.45, 2.75) is 0 Å². The van der Waals surface area contributed by atoms with Crippen molar-refractivity contribution in [3.8, 4) is 27.9 Å². The van der Waals surface area contributed by atoms with Gasteiger partial charge < -0.3 is 9.47 Å². The number of hydrogen-bond acceptors (Lipinski definition) is 1. The minimum Gasteiger partial charge on any atom is -0.310 e. The van der Waals surface area contributed by atoms with Crippen molar-refractivity contribution in [2.24, 2.45) is 0 Å². The SMILES string of the molecule is c1ccc(-c2cc(-c3cccc4ccccc34)cc(-n3c4ccccc4c4c(N(c5ccccc5)c5ccccc5)cccc43)c2)cc1. The maximum Gasteiger partial charge on any atom is 0.0562 e. The van der Waals surface area contributed by atoms with Crippen LogP contribution in [0.4, 0.5) is 17.1 Å². The molecule has 0 radical (unpaired) electrons. The summed E-state index contributed by atoms with van der Waals surface area (Å²) in [6.07, 6.45) is 0. The number of benzene rings is 8. The summed E-state index contributed by atoms with van der Waals surface area (Å²) in [4.78, 5) is 2.38. The van der Waals surface area contributed by atoms with Crippen molar-refractivity contribution in [1.82, 2.24) is 4.57 Å². The Morgan fingerprint density at radius 2 is 0.938 bits per heavy atom. The maximum absolute atomic E-state index is 2.45. The molecule has 0 bridgehead atoms. The van der Waals surface area contributed by atoms with Gasteiger partial charge in [-0.1, -0.05) is 133 Å². The molecule has 0 spiro atoms. The number of aromatic nitrogens is 1. The van der Waals surface area contributed by atoms with Crippen molar-refractivity contribution in [3.05, 3.63) is 194 Å². The number of fused-ring (bicyclic) bond motifs is 4. The summed E-state index contributed by atoms with van der Waals surface area (Å²) in [6, 6.07) is 69.9. The Bertz CT molecular complexity index is 2500. The zero-order valence-corrected chi connectivity index (χ0v) is 26.4. The third kappa shape index (κ3) is 4.74. The Kier molecular flexibility index (Phi) is 6.84. The zero-order valence-electron chi connectivity index (χ0n) is 26.4. The molecule has 0 amide bonds. The van der Waals surface area contributed by atoms with Gasteiger partial charge in [0.25, 0.3) is 0 Å². The van der Waals surface area contributed by atoms with Gasteiger partial charge in [0.2, 0.25) is 0 Å². The van der Waals surface area contributed by atoms with Crippen LogP contribution in [0.3, 0.4) is 0 Å². The van der Waals surface area contributed by atoms with Crippen LogP contribution in [0.25, 0.3) is 60.5 Å². The van der Waals surface area contributed by atoms with Gasteiger partial charge in [0, 0.05) is 27.8 Å². The Morgan fingerprint density at radius 1 is 0.375 bits per heavy atom. The van der Waals surface area contributed by atoms with Gasteiger partial charge in [0.05, 0.1) is 16.7 Å². The van der Waals surface area contributed by atoms with Crippen LogP contribution in [-0.4, -0.2) is 4.57 Å². The first-order valence-electron chi connectivity index (χ1n) is 16.4. The molecular weight excluding hydrogens is 581 g/mol. The smallest absolute Gasteiger partial charge is 0.0562 e. The van der Waals surface area contributed by atoms with E-state index in [9.17, 15) is 0 Å². The van der Waals surface area contributed by atoms with Gasteiger partial charge >= 0.3 is 0 Å². The van der Waals surface area contributed by atoms with E-state index in [1.165, 1.54) is 54.8 Å². The van der Waals surface area contributed by atoms with E-state index in [2.05, 4.69) is 204 Å².